The van der Waals surface area contributed by atoms with Gasteiger partial charge in [-0.05, 0) is 45.9 Å². The predicted octanol–water partition coefficient (Wildman–Crippen LogP) is 2.87. The van der Waals surface area contributed by atoms with Crippen molar-refractivity contribution < 1.29 is 4.79 Å². The van der Waals surface area contributed by atoms with Gasteiger partial charge in [-0.15, -0.1) is 0 Å². The SMILES string of the molecule is CCNC(=O)N(c1ccnc(-c2ccncc2)n1)C(C)(C)C. The molecule has 0 radical (unpaired) electrons. The number of amides is 2. The summed E-state index contributed by atoms with van der Waals surface area (Å²) in [7, 11) is 0. The average molecular weight is 299 g/mol. The monoisotopic (exact) mass is 299 g/mol. The first kappa shape index (κ1) is 15.9. The zero-order valence-corrected chi connectivity index (χ0v) is 13.4. The summed E-state index contributed by atoms with van der Waals surface area (Å²) in [5.41, 5.74) is 0.463. The number of hydrogen-bond acceptors (Lipinski definition) is 4. The van der Waals surface area contributed by atoms with Crippen LogP contribution in [0.15, 0.2) is 36.8 Å². The molecule has 0 unspecified atom stereocenters. The van der Waals surface area contributed by atoms with E-state index in [1.165, 1.54) is 0 Å². The number of hydrogen-bond donors (Lipinski definition) is 1. The first-order chi connectivity index (χ1) is 10.4. The lowest BCUT2D eigenvalue weighted by Gasteiger charge is -2.34. The molecule has 1 N–H and O–H groups in total. The summed E-state index contributed by atoms with van der Waals surface area (Å²) < 4.78 is 0. The number of urea groups is 1. The van der Waals surface area contributed by atoms with E-state index in [9.17, 15) is 4.79 Å². The normalized spacial score (nSPS) is 11.1. The van der Waals surface area contributed by atoms with Gasteiger partial charge >= 0.3 is 6.03 Å². The van der Waals surface area contributed by atoms with Crippen LogP contribution >= 0.6 is 0 Å². The van der Waals surface area contributed by atoms with Gasteiger partial charge in [0, 0.05) is 36.2 Å². The Balaban J connectivity index is 2.43. The van der Waals surface area contributed by atoms with Crippen molar-refractivity contribution in [3.8, 4) is 11.4 Å². The van der Waals surface area contributed by atoms with Crippen molar-refractivity contribution in [2.45, 2.75) is 33.2 Å². The number of anilines is 1. The summed E-state index contributed by atoms with van der Waals surface area (Å²) in [6.07, 6.45) is 5.05. The molecular formula is C16H21N5O. The summed E-state index contributed by atoms with van der Waals surface area (Å²) in [6.45, 7) is 8.36. The summed E-state index contributed by atoms with van der Waals surface area (Å²) in [6, 6.07) is 5.25. The van der Waals surface area contributed by atoms with Gasteiger partial charge in [0.25, 0.3) is 0 Å². The van der Waals surface area contributed by atoms with Crippen LogP contribution in [0.2, 0.25) is 0 Å². The molecule has 0 atom stereocenters. The number of rotatable bonds is 3. The van der Waals surface area contributed by atoms with Crippen LogP contribution in [-0.2, 0) is 0 Å². The molecule has 0 aliphatic carbocycles. The van der Waals surface area contributed by atoms with E-state index in [0.29, 0.717) is 18.2 Å². The van der Waals surface area contributed by atoms with E-state index >= 15 is 0 Å². The predicted molar refractivity (Wildman–Crippen MR) is 86.6 cm³/mol. The minimum Gasteiger partial charge on any atom is -0.338 e. The maximum atomic E-state index is 12.4. The Kier molecular flexibility index (Phi) is 4.70. The third-order valence-corrected chi connectivity index (χ3v) is 3.01. The maximum absolute atomic E-state index is 12.4. The number of aromatic nitrogens is 3. The molecule has 22 heavy (non-hydrogen) atoms. The Morgan fingerprint density at radius 3 is 2.45 bits per heavy atom. The highest BCUT2D eigenvalue weighted by atomic mass is 16.2. The Morgan fingerprint density at radius 1 is 1.18 bits per heavy atom. The average Bonchev–Trinajstić information content (AvgIpc) is 2.47. The van der Waals surface area contributed by atoms with Crippen molar-refractivity contribution in [3.63, 3.8) is 0 Å². The summed E-state index contributed by atoms with van der Waals surface area (Å²) in [4.78, 5) is 26.8. The van der Waals surface area contributed by atoms with E-state index in [1.807, 2.05) is 39.8 Å². The van der Waals surface area contributed by atoms with Crippen LogP contribution in [0.1, 0.15) is 27.7 Å². The zero-order chi connectivity index (χ0) is 16.2. The van der Waals surface area contributed by atoms with Crippen molar-refractivity contribution in [2.24, 2.45) is 0 Å². The fraction of sp³-hybridized carbons (Fsp3) is 0.375. The zero-order valence-electron chi connectivity index (χ0n) is 13.4. The molecule has 2 rings (SSSR count). The lowest BCUT2D eigenvalue weighted by Crippen LogP contribution is -2.51. The molecule has 0 spiro atoms. The van der Waals surface area contributed by atoms with Crippen molar-refractivity contribution in [1.82, 2.24) is 20.3 Å². The standard InChI is InChI=1S/C16H21N5O/c1-5-18-15(22)21(16(2,3)4)13-8-11-19-14(20-13)12-6-9-17-10-7-12/h6-11H,5H2,1-4H3,(H,18,22). The fourth-order valence-corrected chi connectivity index (χ4v) is 2.10. The van der Waals surface area contributed by atoms with Crippen LogP contribution in [-0.4, -0.2) is 33.1 Å². The molecule has 2 aromatic heterocycles. The molecule has 2 heterocycles. The summed E-state index contributed by atoms with van der Waals surface area (Å²) >= 11 is 0. The van der Waals surface area contributed by atoms with E-state index in [2.05, 4.69) is 20.3 Å². The van der Waals surface area contributed by atoms with Gasteiger partial charge in [0.05, 0.1) is 0 Å². The van der Waals surface area contributed by atoms with Gasteiger partial charge in [-0.1, -0.05) is 0 Å². The van der Waals surface area contributed by atoms with Crippen LogP contribution < -0.4 is 10.2 Å². The largest absolute Gasteiger partial charge is 0.338 e. The lowest BCUT2D eigenvalue weighted by molar-refractivity contribution is 0.241. The Hall–Kier alpha value is -2.50. The molecule has 0 aromatic carbocycles. The molecule has 0 fully saturated rings. The van der Waals surface area contributed by atoms with Gasteiger partial charge in [0.2, 0.25) is 0 Å². The van der Waals surface area contributed by atoms with Gasteiger partial charge in [0.15, 0.2) is 5.82 Å². The molecule has 2 aromatic rings. The molecule has 0 aliphatic rings. The number of nitrogens with zero attached hydrogens (tertiary/aromatic N) is 4. The number of carbonyl (C=O) groups is 1. The van der Waals surface area contributed by atoms with Gasteiger partial charge in [-0.25, -0.2) is 14.8 Å². The highest BCUT2D eigenvalue weighted by molar-refractivity contribution is 5.92. The van der Waals surface area contributed by atoms with Crippen LogP contribution in [0.25, 0.3) is 11.4 Å². The molecule has 6 nitrogen and oxygen atoms in total. The molecule has 2 amide bonds. The maximum Gasteiger partial charge on any atom is 0.323 e. The Bertz CT molecular complexity index is 636. The topological polar surface area (TPSA) is 71.0 Å². The Labute approximate surface area is 130 Å². The van der Waals surface area contributed by atoms with E-state index in [0.717, 1.165) is 5.56 Å². The number of pyridine rings is 1. The van der Waals surface area contributed by atoms with Crippen LogP contribution in [0.5, 0.6) is 0 Å². The second-order valence-corrected chi connectivity index (χ2v) is 5.82. The van der Waals surface area contributed by atoms with Gasteiger partial charge in [-0.3, -0.25) is 9.88 Å². The van der Waals surface area contributed by atoms with E-state index in [1.54, 1.807) is 29.6 Å². The van der Waals surface area contributed by atoms with Crippen molar-refractivity contribution >= 4 is 11.8 Å². The molecular weight excluding hydrogens is 278 g/mol. The number of carbonyl (C=O) groups excluding carboxylic acids is 1. The molecule has 0 aliphatic heterocycles. The van der Waals surface area contributed by atoms with Gasteiger partial charge < -0.3 is 5.32 Å². The summed E-state index contributed by atoms with van der Waals surface area (Å²) in [5, 5.41) is 2.83. The van der Waals surface area contributed by atoms with Crippen molar-refractivity contribution in [2.75, 3.05) is 11.4 Å². The first-order valence-electron chi connectivity index (χ1n) is 7.25. The highest BCUT2D eigenvalue weighted by Crippen LogP contribution is 2.24. The van der Waals surface area contributed by atoms with Gasteiger partial charge in [0.1, 0.15) is 5.82 Å². The van der Waals surface area contributed by atoms with Crippen molar-refractivity contribution in [3.05, 3.63) is 36.8 Å². The van der Waals surface area contributed by atoms with E-state index in [-0.39, 0.29) is 6.03 Å². The fourth-order valence-electron chi connectivity index (χ4n) is 2.10. The van der Waals surface area contributed by atoms with Crippen LogP contribution in [0, 0.1) is 0 Å². The summed E-state index contributed by atoms with van der Waals surface area (Å²) in [5.74, 6) is 1.14. The first-order valence-corrected chi connectivity index (χ1v) is 7.25. The lowest BCUT2D eigenvalue weighted by atomic mass is 10.1. The van der Waals surface area contributed by atoms with E-state index < -0.39 is 5.54 Å². The van der Waals surface area contributed by atoms with Crippen molar-refractivity contribution in [1.29, 1.82) is 0 Å². The Morgan fingerprint density at radius 2 is 1.86 bits per heavy atom. The number of nitrogens with one attached hydrogen (secondary N) is 1. The molecule has 0 saturated heterocycles. The molecule has 0 saturated carbocycles. The van der Waals surface area contributed by atoms with Crippen LogP contribution in [0.4, 0.5) is 10.6 Å². The third-order valence-electron chi connectivity index (χ3n) is 3.01. The second kappa shape index (κ2) is 6.51. The molecule has 116 valence electrons. The molecule has 0 bridgehead atoms. The van der Waals surface area contributed by atoms with E-state index in [4.69, 9.17) is 0 Å². The second-order valence-electron chi connectivity index (χ2n) is 5.82. The quantitative estimate of drug-likeness (QED) is 0.946. The smallest absolute Gasteiger partial charge is 0.323 e. The minimum absolute atomic E-state index is 0.172. The third kappa shape index (κ3) is 3.58. The molecule has 6 heteroatoms. The van der Waals surface area contributed by atoms with Gasteiger partial charge in [-0.2, -0.15) is 0 Å². The highest BCUT2D eigenvalue weighted by Gasteiger charge is 2.29. The van der Waals surface area contributed by atoms with Crippen LogP contribution in [0.3, 0.4) is 0 Å². The minimum atomic E-state index is -0.400.